The Balaban J connectivity index is 2.00. The molecule has 0 atom stereocenters. The highest BCUT2D eigenvalue weighted by Gasteiger charge is 2.27. The van der Waals surface area contributed by atoms with Crippen LogP contribution in [-0.2, 0) is 6.42 Å². The Morgan fingerprint density at radius 1 is 1.50 bits per heavy atom. The number of benzene rings is 1. The first-order chi connectivity index (χ1) is 8.66. The second-order valence-electron chi connectivity index (χ2n) is 4.42. The highest BCUT2D eigenvalue weighted by atomic mass is 32.1. The molecule has 0 radical (unpaired) electrons. The van der Waals surface area contributed by atoms with Crippen molar-refractivity contribution in [2.45, 2.75) is 13.3 Å². The van der Waals surface area contributed by atoms with Gasteiger partial charge in [-0.1, -0.05) is 6.07 Å². The third-order valence-corrected chi connectivity index (χ3v) is 3.85. The molecule has 0 saturated carbocycles. The summed E-state index contributed by atoms with van der Waals surface area (Å²) in [6.45, 7) is 2.69. The summed E-state index contributed by atoms with van der Waals surface area (Å²) < 4.78 is 0. The van der Waals surface area contributed by atoms with Crippen molar-refractivity contribution in [2.24, 2.45) is 0 Å². The van der Waals surface area contributed by atoms with E-state index in [4.69, 9.17) is 5.73 Å². The van der Waals surface area contributed by atoms with Crippen molar-refractivity contribution < 1.29 is 4.79 Å². The summed E-state index contributed by atoms with van der Waals surface area (Å²) in [4.78, 5) is 18.1. The summed E-state index contributed by atoms with van der Waals surface area (Å²) >= 11 is 1.43. The van der Waals surface area contributed by atoms with Crippen LogP contribution in [0.5, 0.6) is 0 Å². The number of aryl methyl sites for hydroxylation is 1. The van der Waals surface area contributed by atoms with E-state index < -0.39 is 0 Å². The molecule has 0 fully saturated rings. The third-order valence-electron chi connectivity index (χ3n) is 3.26. The molecule has 0 saturated heterocycles. The van der Waals surface area contributed by atoms with E-state index in [1.54, 1.807) is 15.8 Å². The van der Waals surface area contributed by atoms with Gasteiger partial charge in [-0.3, -0.25) is 4.79 Å². The molecule has 4 nitrogen and oxygen atoms in total. The van der Waals surface area contributed by atoms with Gasteiger partial charge in [0.25, 0.3) is 5.91 Å². The quantitative estimate of drug-likeness (QED) is 0.799. The fourth-order valence-corrected chi connectivity index (χ4v) is 2.77. The van der Waals surface area contributed by atoms with Crippen molar-refractivity contribution in [1.82, 2.24) is 4.98 Å². The van der Waals surface area contributed by atoms with Gasteiger partial charge in [-0.05, 0) is 30.5 Å². The predicted molar refractivity (Wildman–Crippen MR) is 73.1 cm³/mol. The Morgan fingerprint density at radius 2 is 2.33 bits per heavy atom. The summed E-state index contributed by atoms with van der Waals surface area (Å²) in [5, 5.41) is 1.78. The first kappa shape index (κ1) is 11.2. The van der Waals surface area contributed by atoms with Gasteiger partial charge < -0.3 is 10.6 Å². The first-order valence-corrected chi connectivity index (χ1v) is 6.70. The van der Waals surface area contributed by atoms with Gasteiger partial charge in [-0.2, -0.15) is 0 Å². The van der Waals surface area contributed by atoms with Crippen LogP contribution in [0.1, 0.15) is 21.6 Å². The van der Waals surface area contributed by atoms with E-state index in [0.29, 0.717) is 12.2 Å². The number of hydrogen-bond acceptors (Lipinski definition) is 4. The lowest BCUT2D eigenvalue weighted by Gasteiger charge is -2.16. The number of carbonyl (C=O) groups is 1. The number of aromatic nitrogens is 1. The number of rotatable bonds is 1. The Morgan fingerprint density at radius 3 is 3.06 bits per heavy atom. The van der Waals surface area contributed by atoms with Gasteiger partial charge in [0, 0.05) is 23.3 Å². The number of nitrogens with two attached hydrogens (primary N) is 1. The first-order valence-electron chi connectivity index (χ1n) is 5.76. The van der Waals surface area contributed by atoms with Gasteiger partial charge in [0.05, 0.1) is 5.51 Å². The van der Waals surface area contributed by atoms with Crippen molar-refractivity contribution in [3.05, 3.63) is 39.8 Å². The zero-order valence-corrected chi connectivity index (χ0v) is 10.8. The molecule has 92 valence electrons. The summed E-state index contributed by atoms with van der Waals surface area (Å²) in [7, 11) is 0. The molecule has 1 aromatic carbocycles. The zero-order valence-electron chi connectivity index (χ0n) is 10.0. The van der Waals surface area contributed by atoms with Crippen LogP contribution in [0, 0.1) is 6.92 Å². The van der Waals surface area contributed by atoms with Crippen LogP contribution < -0.4 is 10.6 Å². The summed E-state index contributed by atoms with van der Waals surface area (Å²) in [6.07, 6.45) is 0.881. The molecular formula is C13H13N3OS. The molecule has 2 aromatic rings. The van der Waals surface area contributed by atoms with Crippen LogP contribution in [0.25, 0.3) is 0 Å². The molecule has 5 heteroatoms. The van der Waals surface area contributed by atoms with Crippen LogP contribution in [0.15, 0.2) is 23.0 Å². The molecule has 18 heavy (non-hydrogen) atoms. The maximum absolute atomic E-state index is 12.3. The van der Waals surface area contributed by atoms with Crippen LogP contribution in [-0.4, -0.2) is 17.4 Å². The molecule has 0 bridgehead atoms. The minimum Gasteiger partial charge on any atom is -0.398 e. The average Bonchev–Trinajstić information content (AvgIpc) is 2.98. The van der Waals surface area contributed by atoms with Gasteiger partial charge in [0.1, 0.15) is 5.69 Å². The number of thiazole rings is 1. The maximum Gasteiger partial charge on any atom is 0.277 e. The lowest BCUT2D eigenvalue weighted by Crippen LogP contribution is -2.29. The van der Waals surface area contributed by atoms with Gasteiger partial charge in [0.2, 0.25) is 0 Å². The van der Waals surface area contributed by atoms with E-state index in [1.807, 2.05) is 13.0 Å². The Hall–Kier alpha value is -1.88. The molecule has 2 N–H and O–H groups in total. The number of nitrogens with zero attached hydrogens (tertiary/aromatic N) is 2. The number of amides is 1. The molecule has 1 aliphatic heterocycles. The van der Waals surface area contributed by atoms with Crippen molar-refractivity contribution >= 4 is 28.6 Å². The SMILES string of the molecule is Cc1cc2c(cc1N)N(C(=O)c1cscn1)CC2. The fourth-order valence-electron chi connectivity index (χ4n) is 2.24. The lowest BCUT2D eigenvalue weighted by atomic mass is 10.1. The molecule has 0 unspecified atom stereocenters. The second kappa shape index (κ2) is 4.10. The van der Waals surface area contributed by atoms with E-state index in [1.165, 1.54) is 16.9 Å². The molecule has 1 amide bonds. The van der Waals surface area contributed by atoms with Gasteiger partial charge in [0.15, 0.2) is 0 Å². The van der Waals surface area contributed by atoms with E-state index in [2.05, 4.69) is 11.1 Å². The number of nitrogen functional groups attached to an aromatic ring is 1. The highest BCUT2D eigenvalue weighted by Crippen LogP contribution is 2.32. The largest absolute Gasteiger partial charge is 0.398 e. The smallest absolute Gasteiger partial charge is 0.277 e. The number of anilines is 2. The Kier molecular flexibility index (Phi) is 2.56. The molecule has 2 heterocycles. The molecule has 0 spiro atoms. The molecular weight excluding hydrogens is 246 g/mol. The van der Waals surface area contributed by atoms with E-state index in [9.17, 15) is 4.79 Å². The summed E-state index contributed by atoms with van der Waals surface area (Å²) in [6, 6.07) is 3.96. The predicted octanol–water partition coefficient (Wildman–Crippen LogP) is 2.24. The Labute approximate surface area is 109 Å². The van der Waals surface area contributed by atoms with Crippen molar-refractivity contribution in [2.75, 3.05) is 17.2 Å². The number of hydrogen-bond donors (Lipinski definition) is 1. The maximum atomic E-state index is 12.3. The van der Waals surface area contributed by atoms with E-state index >= 15 is 0 Å². The third kappa shape index (κ3) is 1.67. The zero-order chi connectivity index (χ0) is 12.7. The minimum absolute atomic E-state index is 0.0433. The topological polar surface area (TPSA) is 59.2 Å². The lowest BCUT2D eigenvalue weighted by molar-refractivity contribution is 0.0985. The normalized spacial score (nSPS) is 13.7. The van der Waals surface area contributed by atoms with Crippen LogP contribution in [0.4, 0.5) is 11.4 Å². The van der Waals surface area contributed by atoms with Crippen molar-refractivity contribution in [3.63, 3.8) is 0 Å². The standard InChI is InChI=1S/C13H13N3OS/c1-8-4-9-2-3-16(12(9)5-10(8)14)13(17)11-6-18-7-15-11/h4-7H,2-3,14H2,1H3. The highest BCUT2D eigenvalue weighted by molar-refractivity contribution is 7.07. The monoisotopic (exact) mass is 259 g/mol. The molecule has 0 aliphatic carbocycles. The fraction of sp³-hybridized carbons (Fsp3) is 0.231. The molecule has 3 rings (SSSR count). The van der Waals surface area contributed by atoms with Crippen molar-refractivity contribution in [1.29, 1.82) is 0 Å². The van der Waals surface area contributed by atoms with Crippen LogP contribution in [0.2, 0.25) is 0 Å². The average molecular weight is 259 g/mol. The van der Waals surface area contributed by atoms with Crippen LogP contribution >= 0.6 is 11.3 Å². The van der Waals surface area contributed by atoms with Gasteiger partial charge in [-0.25, -0.2) is 4.98 Å². The minimum atomic E-state index is -0.0433. The van der Waals surface area contributed by atoms with Gasteiger partial charge in [-0.15, -0.1) is 11.3 Å². The molecule has 1 aromatic heterocycles. The van der Waals surface area contributed by atoms with Crippen LogP contribution in [0.3, 0.4) is 0 Å². The second-order valence-corrected chi connectivity index (χ2v) is 5.14. The Bertz CT molecular complexity index is 607. The summed E-state index contributed by atoms with van der Waals surface area (Å²) in [5.74, 6) is -0.0433. The van der Waals surface area contributed by atoms with Crippen molar-refractivity contribution in [3.8, 4) is 0 Å². The van der Waals surface area contributed by atoms with E-state index in [0.717, 1.165) is 23.4 Å². The van der Waals surface area contributed by atoms with Gasteiger partial charge >= 0.3 is 0 Å². The number of fused-ring (bicyclic) bond motifs is 1. The molecule has 1 aliphatic rings. The van der Waals surface area contributed by atoms with E-state index in [-0.39, 0.29) is 5.91 Å². The number of carbonyl (C=O) groups excluding carboxylic acids is 1. The summed E-state index contributed by atoms with van der Waals surface area (Å²) in [5.41, 5.74) is 12.0.